The summed E-state index contributed by atoms with van der Waals surface area (Å²) in [4.78, 5) is 11.3. The first kappa shape index (κ1) is 9.62. The molecule has 4 unspecified atom stereocenters. The lowest BCUT2D eigenvalue weighted by Crippen LogP contribution is -3.00. The molecule has 3 fully saturated rings. The summed E-state index contributed by atoms with van der Waals surface area (Å²) >= 11 is 0. The Labute approximate surface area is 88.4 Å². The van der Waals surface area contributed by atoms with Crippen LogP contribution in [0.15, 0.2) is 0 Å². The van der Waals surface area contributed by atoms with Gasteiger partial charge in [-0.25, -0.2) is 0 Å². The molecule has 3 heterocycles. The Bertz CT molecular complexity index is 244. The zero-order chi connectivity index (χ0) is 8.51. The monoisotopic (exact) mass is 247 g/mol. The van der Waals surface area contributed by atoms with Crippen LogP contribution in [0.5, 0.6) is 0 Å². The maximum absolute atomic E-state index is 11.3. The standard InChI is InChI=1S/C9H14NO2.BrH/c1-10(2)6-3-5(11)4-7(10)9-8(6)12-9;/h6-9H,3-4H2,1-2H3;1H/q+1;/p-1. The Morgan fingerprint density at radius 3 is 2.15 bits per heavy atom. The molecular formula is C9H14BrNO2. The summed E-state index contributed by atoms with van der Waals surface area (Å²) < 4.78 is 6.55. The van der Waals surface area contributed by atoms with Crippen LogP contribution < -0.4 is 17.0 Å². The van der Waals surface area contributed by atoms with Crippen LogP contribution in [0.3, 0.4) is 0 Å². The predicted octanol–water partition coefficient (Wildman–Crippen LogP) is -3.05. The van der Waals surface area contributed by atoms with Gasteiger partial charge in [-0.1, -0.05) is 0 Å². The summed E-state index contributed by atoms with van der Waals surface area (Å²) in [5, 5.41) is 0. The highest BCUT2D eigenvalue weighted by atomic mass is 79.9. The van der Waals surface area contributed by atoms with Gasteiger partial charge < -0.3 is 26.2 Å². The number of ketones is 1. The van der Waals surface area contributed by atoms with E-state index >= 15 is 0 Å². The van der Waals surface area contributed by atoms with Crippen LogP contribution in [-0.4, -0.2) is 48.7 Å². The highest BCUT2D eigenvalue weighted by Crippen LogP contribution is 2.50. The van der Waals surface area contributed by atoms with Gasteiger partial charge in [0.2, 0.25) is 0 Å². The Morgan fingerprint density at radius 1 is 1.23 bits per heavy atom. The second-order valence-corrected chi connectivity index (χ2v) is 4.78. The first-order valence-electron chi connectivity index (χ1n) is 4.61. The van der Waals surface area contributed by atoms with E-state index in [2.05, 4.69) is 14.1 Å². The number of halogens is 1. The number of likely N-dealkylation sites (N-methyl/N-ethyl adjacent to an activating group) is 1. The molecule has 3 aliphatic rings. The van der Waals surface area contributed by atoms with E-state index in [0.29, 0.717) is 30.1 Å². The molecule has 4 heteroatoms. The second-order valence-electron chi connectivity index (χ2n) is 4.78. The fraction of sp³-hybridized carbons (Fsp3) is 0.889. The molecule has 3 rings (SSSR count). The number of nitrogens with zero attached hydrogens (tertiary/aromatic N) is 1. The number of carbonyl (C=O) groups excluding carboxylic acids is 1. The number of Topliss-reactive ketones (excluding diaryl/α,β-unsaturated/α-hetero) is 1. The Hall–Kier alpha value is 0.0700. The summed E-state index contributed by atoms with van der Waals surface area (Å²) in [6.07, 6.45) is 2.31. The van der Waals surface area contributed by atoms with E-state index in [1.165, 1.54) is 0 Å². The van der Waals surface area contributed by atoms with Gasteiger partial charge in [-0.05, 0) is 0 Å². The molecule has 0 radical (unpaired) electrons. The minimum absolute atomic E-state index is 0. The number of quaternary nitrogens is 1. The number of rotatable bonds is 0. The fourth-order valence-corrected chi connectivity index (χ4v) is 3.01. The van der Waals surface area contributed by atoms with Gasteiger partial charge in [0, 0.05) is 0 Å². The molecule has 3 aliphatic heterocycles. The van der Waals surface area contributed by atoms with Crippen molar-refractivity contribution in [3.8, 4) is 0 Å². The topological polar surface area (TPSA) is 29.6 Å². The van der Waals surface area contributed by atoms with Crippen LogP contribution in [0.25, 0.3) is 0 Å². The Kier molecular flexibility index (Phi) is 1.89. The van der Waals surface area contributed by atoms with Gasteiger partial charge in [0.15, 0.2) is 0 Å². The Balaban J connectivity index is 0.000000653. The molecule has 3 nitrogen and oxygen atoms in total. The minimum atomic E-state index is 0. The molecule has 13 heavy (non-hydrogen) atoms. The maximum atomic E-state index is 11.3. The van der Waals surface area contributed by atoms with Gasteiger partial charge in [-0.2, -0.15) is 0 Å². The zero-order valence-corrected chi connectivity index (χ0v) is 9.45. The maximum Gasteiger partial charge on any atom is 0.144 e. The molecule has 2 bridgehead atoms. The van der Waals surface area contributed by atoms with Crippen molar-refractivity contribution in [1.29, 1.82) is 0 Å². The van der Waals surface area contributed by atoms with E-state index in [4.69, 9.17) is 4.74 Å². The molecule has 4 atom stereocenters. The number of ether oxygens (including phenoxy) is 1. The van der Waals surface area contributed by atoms with Crippen LogP contribution in [0.4, 0.5) is 0 Å². The van der Waals surface area contributed by atoms with Crippen molar-refractivity contribution in [3.05, 3.63) is 0 Å². The molecule has 0 aliphatic carbocycles. The van der Waals surface area contributed by atoms with Crippen molar-refractivity contribution in [1.82, 2.24) is 0 Å². The van der Waals surface area contributed by atoms with Gasteiger partial charge in [0.1, 0.15) is 30.1 Å². The smallest absolute Gasteiger partial charge is 0.144 e. The van der Waals surface area contributed by atoms with Gasteiger partial charge >= 0.3 is 0 Å². The van der Waals surface area contributed by atoms with Crippen molar-refractivity contribution in [2.45, 2.75) is 37.1 Å². The van der Waals surface area contributed by atoms with E-state index in [1.54, 1.807) is 0 Å². The van der Waals surface area contributed by atoms with Crippen LogP contribution in [-0.2, 0) is 9.53 Å². The molecule has 0 spiro atoms. The molecule has 0 amide bonds. The van der Waals surface area contributed by atoms with E-state index in [-0.39, 0.29) is 17.0 Å². The van der Waals surface area contributed by atoms with Crippen molar-refractivity contribution in [2.24, 2.45) is 0 Å². The molecule has 0 saturated carbocycles. The summed E-state index contributed by atoms with van der Waals surface area (Å²) in [6, 6.07) is 0.919. The fourth-order valence-electron chi connectivity index (χ4n) is 3.01. The quantitative estimate of drug-likeness (QED) is 0.337. The molecule has 0 N–H and O–H groups in total. The van der Waals surface area contributed by atoms with Gasteiger partial charge in [0.05, 0.1) is 26.9 Å². The summed E-state index contributed by atoms with van der Waals surface area (Å²) in [5.74, 6) is 0.443. The third kappa shape index (κ3) is 1.05. The van der Waals surface area contributed by atoms with Crippen molar-refractivity contribution < 1.29 is 31.0 Å². The molecule has 3 saturated heterocycles. The number of carbonyl (C=O) groups is 1. The minimum Gasteiger partial charge on any atom is -1.00 e. The zero-order valence-electron chi connectivity index (χ0n) is 7.87. The first-order chi connectivity index (χ1) is 5.60. The molecule has 0 aromatic carbocycles. The van der Waals surface area contributed by atoms with Crippen molar-refractivity contribution in [3.63, 3.8) is 0 Å². The summed E-state index contributed by atoms with van der Waals surface area (Å²) in [6.45, 7) is 0. The Morgan fingerprint density at radius 2 is 1.69 bits per heavy atom. The third-order valence-electron chi connectivity index (χ3n) is 3.90. The molecular weight excluding hydrogens is 234 g/mol. The highest BCUT2D eigenvalue weighted by molar-refractivity contribution is 5.81. The van der Waals surface area contributed by atoms with Crippen LogP contribution in [0, 0.1) is 0 Å². The van der Waals surface area contributed by atoms with Crippen molar-refractivity contribution >= 4 is 5.78 Å². The van der Waals surface area contributed by atoms with Gasteiger partial charge in [0.25, 0.3) is 0 Å². The predicted molar refractivity (Wildman–Crippen MR) is 42.6 cm³/mol. The average molecular weight is 248 g/mol. The second kappa shape index (κ2) is 2.55. The number of hydrogen-bond donors (Lipinski definition) is 0. The third-order valence-corrected chi connectivity index (χ3v) is 3.90. The lowest BCUT2D eigenvalue weighted by atomic mass is 9.98. The molecule has 0 aromatic rings. The number of piperidine rings is 1. The molecule has 74 valence electrons. The first-order valence-corrected chi connectivity index (χ1v) is 4.61. The number of fused-ring (bicyclic) bond motifs is 5. The normalized spacial score (nSPS) is 49.5. The van der Waals surface area contributed by atoms with Crippen molar-refractivity contribution in [2.75, 3.05) is 14.1 Å². The number of hydrogen-bond acceptors (Lipinski definition) is 2. The largest absolute Gasteiger partial charge is 1.00 e. The lowest BCUT2D eigenvalue weighted by molar-refractivity contribution is -0.933. The summed E-state index contributed by atoms with van der Waals surface area (Å²) in [7, 11) is 4.47. The van der Waals surface area contributed by atoms with E-state index in [9.17, 15) is 4.79 Å². The van der Waals surface area contributed by atoms with Crippen LogP contribution in [0.1, 0.15) is 12.8 Å². The molecule has 0 aromatic heterocycles. The highest BCUT2D eigenvalue weighted by Gasteiger charge is 2.70. The lowest BCUT2D eigenvalue weighted by Gasteiger charge is -2.42. The van der Waals surface area contributed by atoms with E-state index in [1.807, 2.05) is 0 Å². The number of epoxide rings is 1. The van der Waals surface area contributed by atoms with Crippen LogP contribution in [0.2, 0.25) is 0 Å². The van der Waals surface area contributed by atoms with Crippen LogP contribution >= 0.6 is 0 Å². The van der Waals surface area contributed by atoms with E-state index in [0.717, 1.165) is 17.3 Å². The van der Waals surface area contributed by atoms with Gasteiger partial charge in [-0.3, -0.25) is 4.79 Å². The SMILES string of the molecule is C[N+]1(C)C2CC(=O)CC1C1OC12.[Br-]. The van der Waals surface area contributed by atoms with E-state index < -0.39 is 0 Å². The number of morpholine rings is 1. The van der Waals surface area contributed by atoms with Gasteiger partial charge in [-0.15, -0.1) is 0 Å². The summed E-state index contributed by atoms with van der Waals surface area (Å²) in [5.41, 5.74) is 0. The average Bonchev–Trinajstić information content (AvgIpc) is 2.66.